The van der Waals surface area contributed by atoms with E-state index in [9.17, 15) is 4.79 Å². The van der Waals surface area contributed by atoms with E-state index in [0.717, 1.165) is 6.42 Å². The van der Waals surface area contributed by atoms with Crippen molar-refractivity contribution in [2.45, 2.75) is 18.9 Å². The number of amides is 1. The number of H-pyrrole nitrogens is 1. The van der Waals surface area contributed by atoms with Crippen molar-refractivity contribution in [1.82, 2.24) is 15.1 Å². The first kappa shape index (κ1) is 9.21. The van der Waals surface area contributed by atoms with Crippen LogP contribution in [0.2, 0.25) is 0 Å². The van der Waals surface area contributed by atoms with Crippen LogP contribution < -0.4 is 5.73 Å². The van der Waals surface area contributed by atoms with Gasteiger partial charge in [0, 0.05) is 19.3 Å². The van der Waals surface area contributed by atoms with Gasteiger partial charge in [0.25, 0.3) is 5.91 Å². The lowest BCUT2D eigenvalue weighted by atomic mass is 9.88. The highest BCUT2D eigenvalue weighted by Crippen LogP contribution is 2.22. The molecule has 5 nitrogen and oxygen atoms in total. The lowest BCUT2D eigenvalue weighted by Gasteiger charge is -2.47. The van der Waals surface area contributed by atoms with Crippen molar-refractivity contribution < 1.29 is 4.79 Å². The number of likely N-dealkylation sites (tertiary alicyclic amines) is 1. The molecule has 0 aliphatic carbocycles. The number of hydrogen-bond acceptors (Lipinski definition) is 3. The molecule has 1 aromatic heterocycles. The molecule has 1 amide bonds. The minimum absolute atomic E-state index is 0.00766. The lowest BCUT2D eigenvalue weighted by molar-refractivity contribution is 0.0401. The van der Waals surface area contributed by atoms with Gasteiger partial charge in [-0.15, -0.1) is 0 Å². The Balaban J connectivity index is 1.98. The first-order chi connectivity index (χ1) is 6.64. The maximum Gasteiger partial charge on any atom is 0.257 e. The van der Waals surface area contributed by atoms with E-state index in [1.807, 2.05) is 6.92 Å². The number of aromatic amines is 1. The van der Waals surface area contributed by atoms with Crippen LogP contribution in [0.25, 0.3) is 0 Å². The number of nitrogens with zero attached hydrogens (tertiary/aromatic N) is 2. The van der Waals surface area contributed by atoms with Crippen LogP contribution in [0.3, 0.4) is 0 Å². The molecular formula is C9H14N4O. The Morgan fingerprint density at radius 3 is 3.00 bits per heavy atom. The van der Waals surface area contributed by atoms with E-state index in [1.54, 1.807) is 11.1 Å². The number of carbonyl (C=O) groups is 1. The van der Waals surface area contributed by atoms with Crippen molar-refractivity contribution in [3.63, 3.8) is 0 Å². The quantitative estimate of drug-likeness (QED) is 0.694. The third-order valence-corrected chi connectivity index (χ3v) is 2.75. The zero-order valence-electron chi connectivity index (χ0n) is 8.16. The van der Waals surface area contributed by atoms with E-state index >= 15 is 0 Å². The van der Waals surface area contributed by atoms with Gasteiger partial charge in [-0.3, -0.25) is 9.89 Å². The molecule has 1 aromatic rings. The van der Waals surface area contributed by atoms with E-state index in [4.69, 9.17) is 5.73 Å². The molecule has 1 aliphatic heterocycles. The van der Waals surface area contributed by atoms with E-state index in [-0.39, 0.29) is 11.4 Å². The second-order valence-electron chi connectivity index (χ2n) is 3.86. The van der Waals surface area contributed by atoms with Gasteiger partial charge in [-0.1, -0.05) is 6.92 Å². The van der Waals surface area contributed by atoms with Crippen LogP contribution in [-0.2, 0) is 0 Å². The van der Waals surface area contributed by atoms with Gasteiger partial charge >= 0.3 is 0 Å². The number of carbonyl (C=O) groups excluding carboxylic acids is 1. The first-order valence-corrected chi connectivity index (χ1v) is 4.71. The molecule has 0 unspecified atom stereocenters. The van der Waals surface area contributed by atoms with Crippen molar-refractivity contribution in [3.05, 3.63) is 18.0 Å². The Labute approximate surface area is 82.3 Å². The first-order valence-electron chi connectivity index (χ1n) is 4.71. The summed E-state index contributed by atoms with van der Waals surface area (Å²) in [7, 11) is 0. The molecule has 3 N–H and O–H groups in total. The summed E-state index contributed by atoms with van der Waals surface area (Å²) in [5.41, 5.74) is 6.40. The van der Waals surface area contributed by atoms with Crippen LogP contribution in [0, 0.1) is 0 Å². The summed E-state index contributed by atoms with van der Waals surface area (Å²) in [6, 6.07) is 0. The van der Waals surface area contributed by atoms with E-state index in [1.165, 1.54) is 6.20 Å². The van der Waals surface area contributed by atoms with Crippen molar-refractivity contribution in [3.8, 4) is 0 Å². The van der Waals surface area contributed by atoms with Gasteiger partial charge < -0.3 is 10.6 Å². The molecular weight excluding hydrogens is 180 g/mol. The van der Waals surface area contributed by atoms with Crippen molar-refractivity contribution in [2.24, 2.45) is 5.73 Å². The van der Waals surface area contributed by atoms with Crippen LogP contribution in [0.5, 0.6) is 0 Å². The van der Waals surface area contributed by atoms with Crippen molar-refractivity contribution >= 4 is 5.91 Å². The van der Waals surface area contributed by atoms with Gasteiger partial charge in [0.1, 0.15) is 0 Å². The topological polar surface area (TPSA) is 75.0 Å². The van der Waals surface area contributed by atoms with Gasteiger partial charge in [0.05, 0.1) is 17.3 Å². The van der Waals surface area contributed by atoms with Gasteiger partial charge in [-0.25, -0.2) is 0 Å². The molecule has 0 spiro atoms. The zero-order valence-corrected chi connectivity index (χ0v) is 8.16. The highest BCUT2D eigenvalue weighted by molar-refractivity contribution is 5.94. The molecule has 0 radical (unpaired) electrons. The number of hydrogen-bond donors (Lipinski definition) is 2. The second kappa shape index (κ2) is 3.09. The highest BCUT2D eigenvalue weighted by atomic mass is 16.2. The molecule has 1 fully saturated rings. The minimum atomic E-state index is -0.167. The molecule has 1 saturated heterocycles. The van der Waals surface area contributed by atoms with Gasteiger partial charge in [-0.05, 0) is 6.42 Å². The van der Waals surface area contributed by atoms with E-state index in [2.05, 4.69) is 10.2 Å². The molecule has 0 aromatic carbocycles. The Bertz CT molecular complexity index is 327. The van der Waals surface area contributed by atoms with Crippen LogP contribution in [0.4, 0.5) is 0 Å². The SMILES string of the molecule is CCC1(N)CN(C(=O)c2cn[nH]c2)C1. The monoisotopic (exact) mass is 194 g/mol. The third kappa shape index (κ3) is 1.39. The third-order valence-electron chi connectivity index (χ3n) is 2.75. The predicted octanol–water partition coefficient (Wildman–Crippen LogP) is -0.0270. The van der Waals surface area contributed by atoms with Gasteiger partial charge in [-0.2, -0.15) is 5.10 Å². The molecule has 0 saturated carbocycles. The molecule has 14 heavy (non-hydrogen) atoms. The molecule has 0 atom stereocenters. The summed E-state index contributed by atoms with van der Waals surface area (Å²) < 4.78 is 0. The van der Waals surface area contributed by atoms with E-state index < -0.39 is 0 Å². The Morgan fingerprint density at radius 2 is 2.50 bits per heavy atom. The summed E-state index contributed by atoms with van der Waals surface area (Å²) in [6.45, 7) is 3.33. The number of aromatic nitrogens is 2. The largest absolute Gasteiger partial charge is 0.335 e. The Kier molecular flexibility index (Phi) is 2.03. The summed E-state index contributed by atoms with van der Waals surface area (Å²) in [5.74, 6) is 0.00766. The van der Waals surface area contributed by atoms with Crippen LogP contribution >= 0.6 is 0 Å². The fourth-order valence-electron chi connectivity index (χ4n) is 1.63. The van der Waals surface area contributed by atoms with Crippen LogP contribution in [-0.4, -0.2) is 39.6 Å². The van der Waals surface area contributed by atoms with Gasteiger partial charge in [0.2, 0.25) is 0 Å². The smallest absolute Gasteiger partial charge is 0.257 e. The number of nitrogens with two attached hydrogens (primary N) is 1. The summed E-state index contributed by atoms with van der Waals surface area (Å²) in [4.78, 5) is 13.4. The van der Waals surface area contributed by atoms with Crippen molar-refractivity contribution in [2.75, 3.05) is 13.1 Å². The van der Waals surface area contributed by atoms with Crippen molar-refractivity contribution in [1.29, 1.82) is 0 Å². The van der Waals surface area contributed by atoms with Gasteiger partial charge in [0.15, 0.2) is 0 Å². The maximum absolute atomic E-state index is 11.7. The molecule has 2 rings (SSSR count). The number of nitrogens with one attached hydrogen (secondary N) is 1. The summed E-state index contributed by atoms with van der Waals surface area (Å²) in [6.07, 6.45) is 4.04. The lowest BCUT2D eigenvalue weighted by Crippen LogP contribution is -2.68. The standard InChI is InChI=1S/C9H14N4O/c1-2-9(10)5-13(6-9)8(14)7-3-11-12-4-7/h3-4H,2,5-6,10H2,1H3,(H,11,12). The van der Waals surface area contributed by atoms with Crippen LogP contribution in [0.15, 0.2) is 12.4 Å². The fourth-order valence-corrected chi connectivity index (χ4v) is 1.63. The molecule has 0 bridgehead atoms. The fraction of sp³-hybridized carbons (Fsp3) is 0.556. The average Bonchev–Trinajstić information content (AvgIpc) is 2.64. The Hall–Kier alpha value is -1.36. The molecule has 2 heterocycles. The molecule has 1 aliphatic rings. The minimum Gasteiger partial charge on any atom is -0.335 e. The number of rotatable bonds is 2. The summed E-state index contributed by atoms with van der Waals surface area (Å²) >= 11 is 0. The highest BCUT2D eigenvalue weighted by Gasteiger charge is 2.40. The summed E-state index contributed by atoms with van der Waals surface area (Å²) in [5, 5.41) is 6.36. The maximum atomic E-state index is 11.7. The zero-order chi connectivity index (χ0) is 10.2. The molecule has 76 valence electrons. The van der Waals surface area contributed by atoms with E-state index in [0.29, 0.717) is 18.7 Å². The molecule has 5 heteroatoms. The second-order valence-corrected chi connectivity index (χ2v) is 3.86. The average molecular weight is 194 g/mol. The predicted molar refractivity (Wildman–Crippen MR) is 51.7 cm³/mol. The van der Waals surface area contributed by atoms with Crippen LogP contribution in [0.1, 0.15) is 23.7 Å². The Morgan fingerprint density at radius 1 is 1.79 bits per heavy atom. The normalized spacial score (nSPS) is 19.1.